The molecule has 0 amide bonds. The van der Waals surface area contributed by atoms with Crippen LogP contribution < -0.4 is 0 Å². The standard InChI is InChI=1S/C34H30/c1-20-6-8-26-15-31-14-25(12-22(3)33(31)18-29(26)10-20)13-28-17-32-16-27-9-7-21(2)11-30(27)19-34(32)24(5)23(28)4/h6-12,14-19H,13H2,1-5H3. The minimum Gasteiger partial charge on any atom is -0.0587 e. The molecule has 0 spiro atoms. The molecule has 0 saturated heterocycles. The van der Waals surface area contributed by atoms with Crippen molar-refractivity contribution >= 4 is 43.1 Å². The van der Waals surface area contributed by atoms with E-state index in [1.807, 2.05) is 0 Å². The van der Waals surface area contributed by atoms with Gasteiger partial charge in [-0.3, -0.25) is 0 Å². The van der Waals surface area contributed by atoms with E-state index in [0.29, 0.717) is 0 Å². The van der Waals surface area contributed by atoms with Gasteiger partial charge < -0.3 is 0 Å². The highest BCUT2D eigenvalue weighted by Crippen LogP contribution is 2.32. The molecule has 34 heavy (non-hydrogen) atoms. The van der Waals surface area contributed by atoms with Crippen LogP contribution >= 0.6 is 0 Å². The van der Waals surface area contributed by atoms with E-state index in [1.165, 1.54) is 82.0 Å². The smallest absolute Gasteiger partial charge is 0.00225 e. The second-order valence-corrected chi connectivity index (χ2v) is 10.2. The van der Waals surface area contributed by atoms with E-state index in [9.17, 15) is 0 Å². The first kappa shape index (κ1) is 20.9. The summed E-state index contributed by atoms with van der Waals surface area (Å²) >= 11 is 0. The number of hydrogen-bond acceptors (Lipinski definition) is 0. The van der Waals surface area contributed by atoms with Gasteiger partial charge in [-0.1, -0.05) is 65.7 Å². The number of hydrogen-bond donors (Lipinski definition) is 0. The molecule has 0 heteroatoms. The highest BCUT2D eigenvalue weighted by molar-refractivity contribution is 6.01. The molecule has 0 fully saturated rings. The van der Waals surface area contributed by atoms with Gasteiger partial charge in [0.1, 0.15) is 0 Å². The van der Waals surface area contributed by atoms with Crippen molar-refractivity contribution in [2.75, 3.05) is 0 Å². The zero-order valence-electron chi connectivity index (χ0n) is 20.7. The molecular formula is C34H30. The van der Waals surface area contributed by atoms with E-state index in [1.54, 1.807) is 0 Å². The number of aryl methyl sites for hydroxylation is 4. The molecule has 0 heterocycles. The molecule has 0 radical (unpaired) electrons. The van der Waals surface area contributed by atoms with Gasteiger partial charge in [0.25, 0.3) is 0 Å². The summed E-state index contributed by atoms with van der Waals surface area (Å²) in [5, 5.41) is 10.7. The Hall–Kier alpha value is -3.64. The molecule has 6 aromatic rings. The summed E-state index contributed by atoms with van der Waals surface area (Å²) in [5.74, 6) is 0. The summed E-state index contributed by atoms with van der Waals surface area (Å²) in [6, 6.07) is 30.1. The van der Waals surface area contributed by atoms with E-state index in [2.05, 4.69) is 113 Å². The summed E-state index contributed by atoms with van der Waals surface area (Å²) < 4.78 is 0. The summed E-state index contributed by atoms with van der Waals surface area (Å²) in [6.07, 6.45) is 0.956. The lowest BCUT2D eigenvalue weighted by Gasteiger charge is -2.15. The number of fused-ring (bicyclic) bond motifs is 4. The first-order chi connectivity index (χ1) is 16.4. The monoisotopic (exact) mass is 438 g/mol. The Morgan fingerprint density at radius 1 is 0.441 bits per heavy atom. The molecule has 0 atom stereocenters. The molecular weight excluding hydrogens is 408 g/mol. The fourth-order valence-electron chi connectivity index (χ4n) is 5.62. The summed E-state index contributed by atoms with van der Waals surface area (Å²) in [5.41, 5.74) is 9.59. The molecule has 0 aliphatic rings. The number of benzene rings is 6. The molecule has 0 bridgehead atoms. The maximum Gasteiger partial charge on any atom is -0.00225 e. The van der Waals surface area contributed by atoms with E-state index in [0.717, 1.165) is 6.42 Å². The Balaban J connectivity index is 1.48. The molecule has 0 unspecified atom stereocenters. The van der Waals surface area contributed by atoms with Gasteiger partial charge in [0.05, 0.1) is 0 Å². The Morgan fingerprint density at radius 3 is 1.68 bits per heavy atom. The van der Waals surface area contributed by atoms with Crippen molar-refractivity contribution in [2.24, 2.45) is 0 Å². The Labute approximate surface area is 201 Å². The van der Waals surface area contributed by atoms with E-state index in [4.69, 9.17) is 0 Å². The summed E-state index contributed by atoms with van der Waals surface area (Å²) in [6.45, 7) is 11.1. The average Bonchev–Trinajstić information content (AvgIpc) is 2.81. The van der Waals surface area contributed by atoms with Crippen molar-refractivity contribution in [1.82, 2.24) is 0 Å². The topological polar surface area (TPSA) is 0 Å². The Kier molecular flexibility index (Phi) is 4.74. The van der Waals surface area contributed by atoms with Crippen molar-refractivity contribution < 1.29 is 0 Å². The number of rotatable bonds is 2. The van der Waals surface area contributed by atoms with Gasteiger partial charge in [0, 0.05) is 0 Å². The third kappa shape index (κ3) is 3.46. The predicted octanol–water partition coefficient (Wildman–Crippen LogP) is 9.43. The van der Waals surface area contributed by atoms with Crippen molar-refractivity contribution in [1.29, 1.82) is 0 Å². The van der Waals surface area contributed by atoms with Gasteiger partial charge >= 0.3 is 0 Å². The first-order valence-corrected chi connectivity index (χ1v) is 12.2. The lowest BCUT2D eigenvalue weighted by atomic mass is 9.89. The molecule has 6 rings (SSSR count). The lowest BCUT2D eigenvalue weighted by molar-refractivity contribution is 1.15. The highest BCUT2D eigenvalue weighted by Gasteiger charge is 2.11. The van der Waals surface area contributed by atoms with Crippen LogP contribution in [-0.2, 0) is 6.42 Å². The van der Waals surface area contributed by atoms with Crippen LogP contribution in [0.5, 0.6) is 0 Å². The zero-order chi connectivity index (χ0) is 23.6. The maximum absolute atomic E-state index is 2.42. The Bertz CT molecular complexity index is 1770. The van der Waals surface area contributed by atoms with Crippen molar-refractivity contribution in [2.45, 2.75) is 41.0 Å². The van der Waals surface area contributed by atoms with E-state index >= 15 is 0 Å². The molecule has 0 aliphatic heterocycles. The van der Waals surface area contributed by atoms with Crippen molar-refractivity contribution in [3.8, 4) is 0 Å². The van der Waals surface area contributed by atoms with Crippen LogP contribution in [0.4, 0.5) is 0 Å². The molecule has 0 nitrogen and oxygen atoms in total. The van der Waals surface area contributed by atoms with Crippen LogP contribution in [0.15, 0.2) is 78.9 Å². The van der Waals surface area contributed by atoms with Gasteiger partial charge in [-0.25, -0.2) is 0 Å². The fraction of sp³-hybridized carbons (Fsp3) is 0.176. The zero-order valence-corrected chi connectivity index (χ0v) is 20.7. The van der Waals surface area contributed by atoms with Crippen LogP contribution in [0.1, 0.15) is 38.9 Å². The molecule has 166 valence electrons. The van der Waals surface area contributed by atoms with Crippen molar-refractivity contribution in [3.05, 3.63) is 118 Å². The molecule has 6 aromatic carbocycles. The van der Waals surface area contributed by atoms with Crippen LogP contribution in [0.25, 0.3) is 43.1 Å². The van der Waals surface area contributed by atoms with Gasteiger partial charge in [-0.15, -0.1) is 0 Å². The van der Waals surface area contributed by atoms with Gasteiger partial charge in [0.2, 0.25) is 0 Å². The van der Waals surface area contributed by atoms with Crippen LogP contribution in [0.2, 0.25) is 0 Å². The van der Waals surface area contributed by atoms with Gasteiger partial charge in [-0.2, -0.15) is 0 Å². The summed E-state index contributed by atoms with van der Waals surface area (Å²) in [4.78, 5) is 0. The largest absolute Gasteiger partial charge is 0.0587 e. The minimum absolute atomic E-state index is 0.956. The van der Waals surface area contributed by atoms with Gasteiger partial charge in [-0.05, 0) is 136 Å². The fourth-order valence-corrected chi connectivity index (χ4v) is 5.62. The van der Waals surface area contributed by atoms with Crippen LogP contribution in [-0.4, -0.2) is 0 Å². The van der Waals surface area contributed by atoms with Crippen LogP contribution in [0, 0.1) is 34.6 Å². The SMILES string of the molecule is Cc1ccc2cc3cc(Cc4cc5cc6ccc(C)cc6cc5c(C)c4C)cc(C)c3cc2c1. The Morgan fingerprint density at radius 2 is 1.03 bits per heavy atom. The molecule has 0 saturated carbocycles. The van der Waals surface area contributed by atoms with Gasteiger partial charge in [0.15, 0.2) is 0 Å². The second kappa shape index (κ2) is 7.71. The summed E-state index contributed by atoms with van der Waals surface area (Å²) in [7, 11) is 0. The third-order valence-electron chi connectivity index (χ3n) is 7.67. The molecule has 0 N–H and O–H groups in total. The normalized spacial score (nSPS) is 11.8. The third-order valence-corrected chi connectivity index (χ3v) is 7.67. The maximum atomic E-state index is 2.42. The predicted molar refractivity (Wildman–Crippen MR) is 149 cm³/mol. The first-order valence-electron chi connectivity index (χ1n) is 12.2. The van der Waals surface area contributed by atoms with Crippen molar-refractivity contribution in [3.63, 3.8) is 0 Å². The lowest BCUT2D eigenvalue weighted by Crippen LogP contribution is -1.97. The average molecular weight is 439 g/mol. The molecule has 0 aliphatic carbocycles. The van der Waals surface area contributed by atoms with E-state index in [-0.39, 0.29) is 0 Å². The molecule has 0 aromatic heterocycles. The highest BCUT2D eigenvalue weighted by atomic mass is 14.2. The quantitative estimate of drug-likeness (QED) is 0.236. The second-order valence-electron chi connectivity index (χ2n) is 10.2. The minimum atomic E-state index is 0.956. The van der Waals surface area contributed by atoms with E-state index < -0.39 is 0 Å². The van der Waals surface area contributed by atoms with Crippen LogP contribution in [0.3, 0.4) is 0 Å².